The van der Waals surface area contributed by atoms with Gasteiger partial charge in [-0.25, -0.2) is 9.69 Å². The fourth-order valence-corrected chi connectivity index (χ4v) is 2.86. The topological polar surface area (TPSA) is 72.9 Å². The average Bonchev–Trinajstić information content (AvgIpc) is 2.95. The molecule has 6 heteroatoms. The summed E-state index contributed by atoms with van der Waals surface area (Å²) >= 11 is 0. The zero-order valence-corrected chi connectivity index (χ0v) is 14.3. The quantitative estimate of drug-likeness (QED) is 0.535. The van der Waals surface area contributed by atoms with Gasteiger partial charge in [-0.3, -0.25) is 9.59 Å². The maximum absolute atomic E-state index is 12.9. The fourth-order valence-electron chi connectivity index (χ4n) is 2.86. The van der Waals surface area contributed by atoms with E-state index in [1.807, 2.05) is 30.3 Å². The highest BCUT2D eigenvalue weighted by atomic mass is 16.6. The molecule has 0 unspecified atom stereocenters. The third-order valence-electron chi connectivity index (χ3n) is 4.03. The highest BCUT2D eigenvalue weighted by Gasteiger charge is 2.41. The molecule has 1 aliphatic heterocycles. The van der Waals surface area contributed by atoms with Gasteiger partial charge in [0.25, 0.3) is 0 Å². The number of allylic oxidation sites excluding steroid dienone is 1. The first-order valence-electron chi connectivity index (χ1n) is 8.37. The van der Waals surface area contributed by atoms with E-state index in [0.717, 1.165) is 10.5 Å². The summed E-state index contributed by atoms with van der Waals surface area (Å²) < 4.78 is 10.00. The van der Waals surface area contributed by atoms with Crippen LogP contribution in [0.25, 0.3) is 0 Å². The summed E-state index contributed by atoms with van der Waals surface area (Å²) in [6.45, 7) is 5.73. The van der Waals surface area contributed by atoms with Crippen molar-refractivity contribution in [1.82, 2.24) is 4.90 Å². The molecule has 1 aliphatic rings. The molecule has 25 heavy (non-hydrogen) atoms. The number of rotatable bonds is 8. The number of cyclic esters (lactones) is 1. The molecule has 1 aromatic carbocycles. The van der Waals surface area contributed by atoms with E-state index in [-0.39, 0.29) is 25.7 Å². The summed E-state index contributed by atoms with van der Waals surface area (Å²) in [6, 6.07) is 9.21. The molecule has 0 aliphatic carbocycles. The van der Waals surface area contributed by atoms with Crippen molar-refractivity contribution < 1.29 is 23.9 Å². The van der Waals surface area contributed by atoms with Crippen LogP contribution in [-0.4, -0.2) is 42.1 Å². The van der Waals surface area contributed by atoms with Gasteiger partial charge in [-0.15, -0.1) is 6.58 Å². The van der Waals surface area contributed by atoms with Gasteiger partial charge in [0.2, 0.25) is 5.91 Å². The number of esters is 1. The molecular weight excluding hydrogens is 322 g/mol. The number of imide groups is 1. The fraction of sp³-hybridized carbons (Fsp3) is 0.421. The van der Waals surface area contributed by atoms with Crippen LogP contribution in [0.1, 0.15) is 25.3 Å². The zero-order chi connectivity index (χ0) is 18.2. The van der Waals surface area contributed by atoms with E-state index < -0.39 is 23.9 Å². The van der Waals surface area contributed by atoms with Crippen LogP contribution in [0.4, 0.5) is 4.79 Å². The number of benzene rings is 1. The lowest BCUT2D eigenvalue weighted by Crippen LogP contribution is -2.44. The van der Waals surface area contributed by atoms with Crippen molar-refractivity contribution in [2.75, 3.05) is 13.2 Å². The average molecular weight is 345 g/mol. The molecule has 2 rings (SSSR count). The summed E-state index contributed by atoms with van der Waals surface area (Å²) in [5.74, 6) is -1.56. The normalized spacial score (nSPS) is 17.7. The number of hydrogen-bond donors (Lipinski definition) is 0. The predicted molar refractivity (Wildman–Crippen MR) is 91.7 cm³/mol. The molecule has 2 amide bonds. The van der Waals surface area contributed by atoms with Crippen molar-refractivity contribution >= 4 is 18.0 Å². The van der Waals surface area contributed by atoms with Gasteiger partial charge in [-0.05, 0) is 25.3 Å². The predicted octanol–water partition coefficient (Wildman–Crippen LogP) is 2.72. The molecule has 0 aromatic heterocycles. The number of ether oxygens (including phenoxy) is 2. The Morgan fingerprint density at radius 1 is 1.40 bits per heavy atom. The van der Waals surface area contributed by atoms with Crippen LogP contribution in [-0.2, 0) is 25.5 Å². The first-order valence-corrected chi connectivity index (χ1v) is 8.37. The first-order chi connectivity index (χ1) is 12.1. The molecule has 0 saturated carbocycles. The third kappa shape index (κ3) is 4.92. The van der Waals surface area contributed by atoms with Crippen LogP contribution < -0.4 is 0 Å². The minimum Gasteiger partial charge on any atom is -0.466 e. The molecule has 134 valence electrons. The van der Waals surface area contributed by atoms with Crippen LogP contribution in [0.3, 0.4) is 0 Å². The van der Waals surface area contributed by atoms with Crippen molar-refractivity contribution in [2.45, 2.75) is 32.2 Å². The molecule has 1 heterocycles. The Morgan fingerprint density at radius 2 is 2.12 bits per heavy atom. The van der Waals surface area contributed by atoms with Crippen molar-refractivity contribution in [3.63, 3.8) is 0 Å². The third-order valence-corrected chi connectivity index (χ3v) is 4.03. The summed E-state index contributed by atoms with van der Waals surface area (Å²) in [5.41, 5.74) is 1.01. The molecule has 0 radical (unpaired) electrons. The minimum atomic E-state index is -0.680. The molecule has 0 bridgehead atoms. The zero-order valence-electron chi connectivity index (χ0n) is 14.3. The second-order valence-corrected chi connectivity index (χ2v) is 5.86. The van der Waals surface area contributed by atoms with Crippen LogP contribution in [0.2, 0.25) is 0 Å². The Balaban J connectivity index is 2.12. The number of carbonyl (C=O) groups is 3. The van der Waals surface area contributed by atoms with E-state index in [2.05, 4.69) is 6.58 Å². The SMILES string of the molecule is C=CC[C@H](CC(=O)OCC)C(=O)N1C(=O)OC[C@H]1Cc1ccccc1. The second kappa shape index (κ2) is 9.01. The van der Waals surface area contributed by atoms with E-state index in [1.54, 1.807) is 13.0 Å². The number of amides is 2. The van der Waals surface area contributed by atoms with E-state index in [4.69, 9.17) is 9.47 Å². The van der Waals surface area contributed by atoms with Crippen molar-refractivity contribution in [2.24, 2.45) is 5.92 Å². The van der Waals surface area contributed by atoms with Gasteiger partial charge in [0.15, 0.2) is 0 Å². The standard InChI is InChI=1S/C19H23NO5/c1-3-8-15(12-17(21)24-4-2)18(22)20-16(13-25-19(20)23)11-14-9-6-5-7-10-14/h3,5-7,9-10,15-16H,1,4,8,11-13H2,2H3/t15-,16-/m1/s1. The molecule has 0 spiro atoms. The molecule has 2 atom stereocenters. The Hall–Kier alpha value is -2.63. The molecule has 1 aromatic rings. The van der Waals surface area contributed by atoms with E-state index in [0.29, 0.717) is 12.8 Å². The largest absolute Gasteiger partial charge is 0.466 e. The lowest BCUT2D eigenvalue weighted by Gasteiger charge is -2.24. The highest BCUT2D eigenvalue weighted by molar-refractivity contribution is 5.96. The first kappa shape index (κ1) is 18.7. The number of carbonyl (C=O) groups excluding carboxylic acids is 3. The Labute approximate surface area is 147 Å². The lowest BCUT2D eigenvalue weighted by atomic mass is 9.98. The summed E-state index contributed by atoms with van der Waals surface area (Å²) in [7, 11) is 0. The van der Waals surface area contributed by atoms with Crippen LogP contribution in [0.15, 0.2) is 43.0 Å². The molecular formula is C19H23NO5. The van der Waals surface area contributed by atoms with Gasteiger partial charge in [0.1, 0.15) is 6.61 Å². The highest BCUT2D eigenvalue weighted by Crippen LogP contribution is 2.23. The monoisotopic (exact) mass is 345 g/mol. The number of hydrogen-bond acceptors (Lipinski definition) is 5. The molecule has 1 fully saturated rings. The lowest BCUT2D eigenvalue weighted by molar-refractivity contribution is -0.148. The van der Waals surface area contributed by atoms with Crippen molar-refractivity contribution in [1.29, 1.82) is 0 Å². The van der Waals surface area contributed by atoms with Crippen LogP contribution in [0.5, 0.6) is 0 Å². The van der Waals surface area contributed by atoms with E-state index in [1.165, 1.54) is 0 Å². The second-order valence-electron chi connectivity index (χ2n) is 5.86. The van der Waals surface area contributed by atoms with Gasteiger partial charge >= 0.3 is 12.1 Å². The smallest absolute Gasteiger partial charge is 0.416 e. The number of nitrogens with zero attached hydrogens (tertiary/aromatic N) is 1. The summed E-state index contributed by atoms with van der Waals surface area (Å²) in [5, 5.41) is 0. The Morgan fingerprint density at radius 3 is 2.76 bits per heavy atom. The van der Waals surface area contributed by atoms with Gasteiger partial charge in [0, 0.05) is 0 Å². The maximum atomic E-state index is 12.9. The van der Waals surface area contributed by atoms with Gasteiger partial charge in [-0.2, -0.15) is 0 Å². The maximum Gasteiger partial charge on any atom is 0.416 e. The van der Waals surface area contributed by atoms with Crippen LogP contribution in [0, 0.1) is 5.92 Å². The Kier molecular flexibility index (Phi) is 6.74. The summed E-state index contributed by atoms with van der Waals surface area (Å²) in [4.78, 5) is 37.8. The minimum absolute atomic E-state index is 0.0828. The Bertz CT molecular complexity index is 628. The van der Waals surface area contributed by atoms with E-state index in [9.17, 15) is 14.4 Å². The molecule has 0 N–H and O–H groups in total. The van der Waals surface area contributed by atoms with E-state index >= 15 is 0 Å². The van der Waals surface area contributed by atoms with Gasteiger partial charge < -0.3 is 9.47 Å². The van der Waals surface area contributed by atoms with Crippen molar-refractivity contribution in [3.05, 3.63) is 48.6 Å². The molecule has 1 saturated heterocycles. The van der Waals surface area contributed by atoms with Gasteiger partial charge in [-0.1, -0.05) is 36.4 Å². The van der Waals surface area contributed by atoms with Crippen molar-refractivity contribution in [3.8, 4) is 0 Å². The van der Waals surface area contributed by atoms with Crippen LogP contribution >= 0.6 is 0 Å². The molecule has 6 nitrogen and oxygen atoms in total. The van der Waals surface area contributed by atoms with Gasteiger partial charge in [0.05, 0.1) is 25.0 Å². The summed E-state index contributed by atoms with van der Waals surface area (Å²) in [6.07, 6.45) is 1.62.